The quantitative estimate of drug-likeness (QED) is 0.570. The predicted molar refractivity (Wildman–Crippen MR) is 60.2 cm³/mol. The summed E-state index contributed by atoms with van der Waals surface area (Å²) < 4.78 is 0. The molecule has 0 unspecified atom stereocenters. The fourth-order valence-corrected chi connectivity index (χ4v) is 1.28. The summed E-state index contributed by atoms with van der Waals surface area (Å²) in [6, 6.07) is 0. The van der Waals surface area contributed by atoms with Crippen LogP contribution in [0.1, 0.15) is 51.9 Å². The van der Waals surface area contributed by atoms with Crippen LogP contribution in [0, 0.1) is 0 Å². The van der Waals surface area contributed by atoms with Crippen LogP contribution in [0.5, 0.6) is 0 Å². The Kier molecular flexibility index (Phi) is 10.1. The summed E-state index contributed by atoms with van der Waals surface area (Å²) in [4.78, 5) is 11.2. The summed E-state index contributed by atoms with van der Waals surface area (Å²) >= 11 is 0. The minimum absolute atomic E-state index is 0.172. The van der Waals surface area contributed by atoms with Gasteiger partial charge in [-0.15, -0.1) is 0 Å². The molecule has 2 N–H and O–H groups in total. The highest BCUT2D eigenvalue weighted by Gasteiger charge is 1.98. The van der Waals surface area contributed by atoms with Crippen LogP contribution in [0.15, 0.2) is 0 Å². The summed E-state index contributed by atoms with van der Waals surface area (Å²) in [6.07, 6.45) is 6.97. The van der Waals surface area contributed by atoms with Gasteiger partial charge >= 0.3 is 0 Å². The lowest BCUT2D eigenvalue weighted by Crippen LogP contribution is -2.23. The lowest BCUT2D eigenvalue weighted by atomic mass is 10.2. The van der Waals surface area contributed by atoms with E-state index in [1.165, 1.54) is 12.8 Å². The van der Waals surface area contributed by atoms with E-state index in [1.807, 2.05) is 0 Å². The van der Waals surface area contributed by atoms with Crippen molar-refractivity contribution >= 4 is 5.91 Å². The fraction of sp³-hybridized carbons (Fsp3) is 0.909. The zero-order valence-corrected chi connectivity index (χ0v) is 9.27. The normalized spacial score (nSPS) is 10.1. The average Bonchev–Trinajstić information content (AvgIpc) is 2.19. The second-order valence-electron chi connectivity index (χ2n) is 3.62. The van der Waals surface area contributed by atoms with Crippen LogP contribution in [0.3, 0.4) is 0 Å². The zero-order valence-electron chi connectivity index (χ0n) is 9.27. The summed E-state index contributed by atoms with van der Waals surface area (Å²) in [6.45, 7) is 3.46. The van der Waals surface area contributed by atoms with E-state index >= 15 is 0 Å². The van der Waals surface area contributed by atoms with E-state index in [9.17, 15) is 4.79 Å². The third-order valence-corrected chi connectivity index (χ3v) is 2.18. The van der Waals surface area contributed by atoms with E-state index < -0.39 is 0 Å². The standard InChI is InChI=1S/C11H23N2O/c1-2-3-7-10-13-11(14)8-5-4-6-9-12/h12H,2-10H2,1H3,(H,13,14)/q-1. The molecular weight excluding hydrogens is 176 g/mol. The Morgan fingerprint density at radius 1 is 1.14 bits per heavy atom. The molecule has 0 saturated heterocycles. The molecule has 0 aromatic heterocycles. The molecule has 3 nitrogen and oxygen atoms in total. The van der Waals surface area contributed by atoms with Gasteiger partial charge in [0.1, 0.15) is 0 Å². The van der Waals surface area contributed by atoms with Gasteiger partial charge in [-0.3, -0.25) is 4.79 Å². The van der Waals surface area contributed by atoms with Crippen molar-refractivity contribution in [2.45, 2.75) is 51.9 Å². The molecular formula is C11H23N2O-. The molecule has 0 bridgehead atoms. The number of nitrogens with one attached hydrogen (secondary N) is 2. The van der Waals surface area contributed by atoms with E-state index in [0.717, 1.165) is 32.2 Å². The Labute approximate surface area is 87.4 Å². The molecule has 3 heteroatoms. The summed E-state index contributed by atoms with van der Waals surface area (Å²) in [5, 5.41) is 2.91. The minimum Gasteiger partial charge on any atom is -0.677 e. The molecule has 0 aromatic carbocycles. The molecule has 0 saturated carbocycles. The van der Waals surface area contributed by atoms with Crippen LogP contribution < -0.4 is 5.32 Å². The van der Waals surface area contributed by atoms with Crippen molar-refractivity contribution < 1.29 is 4.79 Å². The molecule has 0 spiro atoms. The SMILES string of the molecule is CCCCCNC(=O)CCCCC[NH-]. The van der Waals surface area contributed by atoms with Crippen molar-refractivity contribution in [3.8, 4) is 0 Å². The lowest BCUT2D eigenvalue weighted by Gasteiger charge is -2.04. The van der Waals surface area contributed by atoms with Gasteiger partial charge in [-0.1, -0.05) is 32.6 Å². The highest BCUT2D eigenvalue weighted by molar-refractivity contribution is 5.75. The third-order valence-electron chi connectivity index (χ3n) is 2.18. The number of amides is 1. The number of rotatable bonds is 9. The van der Waals surface area contributed by atoms with Crippen LogP contribution in [-0.4, -0.2) is 19.0 Å². The largest absolute Gasteiger partial charge is 0.677 e. The van der Waals surface area contributed by atoms with Gasteiger partial charge in [0.15, 0.2) is 0 Å². The molecule has 0 heterocycles. The van der Waals surface area contributed by atoms with Crippen molar-refractivity contribution in [1.82, 2.24) is 5.32 Å². The summed E-state index contributed by atoms with van der Waals surface area (Å²) in [5.74, 6) is 0.172. The van der Waals surface area contributed by atoms with Gasteiger partial charge in [0.2, 0.25) is 5.91 Å². The smallest absolute Gasteiger partial charge is 0.219 e. The maximum atomic E-state index is 11.2. The number of carbonyl (C=O) groups is 1. The molecule has 84 valence electrons. The highest BCUT2D eigenvalue weighted by Crippen LogP contribution is 1.99. The number of hydrogen-bond donors (Lipinski definition) is 1. The molecule has 0 aromatic rings. The number of unbranched alkanes of at least 4 members (excludes halogenated alkanes) is 4. The first kappa shape index (κ1) is 13.4. The van der Waals surface area contributed by atoms with Crippen LogP contribution in [0.25, 0.3) is 5.73 Å². The average molecular weight is 199 g/mol. The Morgan fingerprint density at radius 2 is 1.93 bits per heavy atom. The van der Waals surface area contributed by atoms with E-state index in [2.05, 4.69) is 12.2 Å². The first-order chi connectivity index (χ1) is 6.81. The van der Waals surface area contributed by atoms with E-state index in [0.29, 0.717) is 13.0 Å². The number of hydrogen-bond acceptors (Lipinski definition) is 1. The maximum Gasteiger partial charge on any atom is 0.219 e. The molecule has 0 aliphatic carbocycles. The van der Waals surface area contributed by atoms with Gasteiger partial charge < -0.3 is 11.1 Å². The molecule has 0 rings (SSSR count). The van der Waals surface area contributed by atoms with Gasteiger partial charge in [-0.2, -0.15) is 6.54 Å². The Balaban J connectivity index is 3.11. The molecule has 1 amide bonds. The van der Waals surface area contributed by atoms with E-state index in [1.54, 1.807) is 0 Å². The van der Waals surface area contributed by atoms with Crippen molar-refractivity contribution in [2.75, 3.05) is 13.1 Å². The maximum absolute atomic E-state index is 11.2. The van der Waals surface area contributed by atoms with Crippen molar-refractivity contribution in [2.24, 2.45) is 0 Å². The Hall–Kier alpha value is -0.570. The molecule has 0 aliphatic rings. The third kappa shape index (κ3) is 9.52. The van der Waals surface area contributed by atoms with Gasteiger partial charge in [-0.05, 0) is 12.8 Å². The van der Waals surface area contributed by atoms with Gasteiger partial charge in [-0.25, -0.2) is 0 Å². The molecule has 0 radical (unpaired) electrons. The van der Waals surface area contributed by atoms with Crippen molar-refractivity contribution in [3.63, 3.8) is 0 Å². The van der Waals surface area contributed by atoms with Crippen LogP contribution >= 0.6 is 0 Å². The molecule has 14 heavy (non-hydrogen) atoms. The topological polar surface area (TPSA) is 52.9 Å². The first-order valence-corrected chi connectivity index (χ1v) is 5.72. The summed E-state index contributed by atoms with van der Waals surface area (Å²) in [7, 11) is 0. The second-order valence-corrected chi connectivity index (χ2v) is 3.62. The van der Waals surface area contributed by atoms with Crippen LogP contribution in [0.4, 0.5) is 0 Å². The molecule has 0 fully saturated rings. The van der Waals surface area contributed by atoms with Gasteiger partial charge in [0, 0.05) is 13.0 Å². The van der Waals surface area contributed by atoms with Crippen molar-refractivity contribution in [1.29, 1.82) is 0 Å². The van der Waals surface area contributed by atoms with E-state index in [4.69, 9.17) is 5.73 Å². The van der Waals surface area contributed by atoms with Gasteiger partial charge in [0.25, 0.3) is 0 Å². The Bertz CT molecular complexity index is 123. The first-order valence-electron chi connectivity index (χ1n) is 5.72. The lowest BCUT2D eigenvalue weighted by molar-refractivity contribution is -0.121. The zero-order chi connectivity index (χ0) is 10.6. The highest BCUT2D eigenvalue weighted by atomic mass is 16.1. The Morgan fingerprint density at radius 3 is 2.57 bits per heavy atom. The molecule has 0 atom stereocenters. The van der Waals surface area contributed by atoms with Crippen LogP contribution in [-0.2, 0) is 4.79 Å². The second kappa shape index (κ2) is 10.5. The monoisotopic (exact) mass is 199 g/mol. The van der Waals surface area contributed by atoms with Crippen LogP contribution in [0.2, 0.25) is 0 Å². The fourth-order valence-electron chi connectivity index (χ4n) is 1.28. The van der Waals surface area contributed by atoms with Gasteiger partial charge in [0.05, 0.1) is 0 Å². The molecule has 0 aliphatic heterocycles. The predicted octanol–water partition coefficient (Wildman–Crippen LogP) is 2.91. The van der Waals surface area contributed by atoms with Crippen molar-refractivity contribution in [3.05, 3.63) is 5.73 Å². The number of carbonyl (C=O) groups excluding carboxylic acids is 1. The van der Waals surface area contributed by atoms with E-state index in [-0.39, 0.29) is 5.91 Å². The minimum atomic E-state index is 0.172. The summed E-state index contributed by atoms with van der Waals surface area (Å²) in [5.41, 5.74) is 6.94.